The van der Waals surface area contributed by atoms with Crippen molar-refractivity contribution in [2.45, 2.75) is 93.4 Å². The summed E-state index contributed by atoms with van der Waals surface area (Å²) in [5.74, 6) is 4.51. The Hall–Kier alpha value is -3.95. The van der Waals surface area contributed by atoms with E-state index in [1.807, 2.05) is 12.3 Å². The Balaban J connectivity index is 0.00000448. The number of hydrogen-bond acceptors (Lipinski definition) is 3. The van der Waals surface area contributed by atoms with E-state index in [2.05, 4.69) is 144 Å². The maximum Gasteiger partial charge on any atom is 2.00 e. The van der Waals surface area contributed by atoms with E-state index in [0.29, 0.717) is 41.1 Å². The summed E-state index contributed by atoms with van der Waals surface area (Å²) in [6.45, 7) is 20.5. The molecule has 0 bridgehead atoms. The van der Waals surface area contributed by atoms with Gasteiger partial charge in [-0.3, -0.25) is 4.68 Å². The molecule has 51 heavy (non-hydrogen) atoms. The number of ether oxygens (including phenoxy) is 1. The van der Waals surface area contributed by atoms with Gasteiger partial charge < -0.3 is 9.30 Å². The average molecular weight is 858 g/mol. The molecule has 0 radical (unpaired) electrons. The zero-order chi connectivity index (χ0) is 35.3. The molecular formula is C45H50N4OPt. The SMILES string of the molecule is CCc1ccnc(-n2c3[c-]c(Oc4[c-]c(-n5nc(C)c(C6C(C)=C[C@H](C)C[C@@H]6C)c5CC(C)C)cc(C(C)C)c4)ccc3c3ccccc32)c1.[Pt+2]. The standard InChI is InChI=1S/C45H50N4O.Pt/c1-10-33-17-18-46-43(22-33)48-40-14-12-11-13-38(40)39-16-15-36(26-41(39)48)50-37-24-34(28(4)5)23-35(25-37)49-42(19-27(2)3)45(32(9)47-49)44-30(7)20-29(6)21-31(44)8;/h11-18,20,22-24,27-29,31,44H,10,19,21H2,1-9H3;/q-2;+2/t29-,31-,44?;/m0./s1. The van der Waals surface area contributed by atoms with Gasteiger partial charge >= 0.3 is 21.1 Å². The molecule has 266 valence electrons. The molecule has 1 aliphatic carbocycles. The summed E-state index contributed by atoms with van der Waals surface area (Å²) in [5, 5.41) is 7.54. The number of hydrogen-bond donors (Lipinski definition) is 0. The van der Waals surface area contributed by atoms with Crippen molar-refractivity contribution in [3.05, 3.63) is 119 Å². The number of rotatable bonds is 9. The van der Waals surface area contributed by atoms with Gasteiger partial charge in [-0.05, 0) is 91.6 Å². The van der Waals surface area contributed by atoms with Gasteiger partial charge in [-0.25, -0.2) is 4.98 Å². The summed E-state index contributed by atoms with van der Waals surface area (Å²) in [7, 11) is 0. The van der Waals surface area contributed by atoms with Crippen LogP contribution in [0.2, 0.25) is 0 Å². The molecule has 5 nitrogen and oxygen atoms in total. The zero-order valence-corrected chi connectivity index (χ0v) is 33.7. The summed E-state index contributed by atoms with van der Waals surface area (Å²) in [6, 6.07) is 28.5. The van der Waals surface area contributed by atoms with E-state index in [4.69, 9.17) is 14.8 Å². The first-order valence-corrected chi connectivity index (χ1v) is 18.4. The molecule has 1 aliphatic rings. The van der Waals surface area contributed by atoms with Crippen LogP contribution < -0.4 is 4.74 Å². The van der Waals surface area contributed by atoms with Crippen LogP contribution in [0.5, 0.6) is 11.5 Å². The second-order valence-electron chi connectivity index (χ2n) is 15.3. The van der Waals surface area contributed by atoms with E-state index >= 15 is 0 Å². The predicted octanol–water partition coefficient (Wildman–Crippen LogP) is 11.7. The minimum Gasteiger partial charge on any atom is -0.509 e. The van der Waals surface area contributed by atoms with Crippen LogP contribution in [0.3, 0.4) is 0 Å². The van der Waals surface area contributed by atoms with E-state index in [9.17, 15) is 0 Å². The van der Waals surface area contributed by atoms with Gasteiger partial charge in [0.2, 0.25) is 0 Å². The summed E-state index contributed by atoms with van der Waals surface area (Å²) >= 11 is 0. The minimum absolute atomic E-state index is 0. The zero-order valence-electron chi connectivity index (χ0n) is 31.4. The van der Waals surface area contributed by atoms with Gasteiger partial charge in [0.25, 0.3) is 0 Å². The molecule has 0 N–H and O–H groups in total. The van der Waals surface area contributed by atoms with Gasteiger partial charge in [-0.2, -0.15) is 11.2 Å². The normalized spacial score (nSPS) is 17.7. The molecular weight excluding hydrogens is 808 g/mol. The molecule has 0 aliphatic heterocycles. The Morgan fingerprint density at radius 3 is 2.43 bits per heavy atom. The second kappa shape index (κ2) is 15.0. The van der Waals surface area contributed by atoms with Gasteiger partial charge in [-0.15, -0.1) is 41.3 Å². The van der Waals surface area contributed by atoms with Crippen molar-refractivity contribution < 1.29 is 25.8 Å². The van der Waals surface area contributed by atoms with E-state index in [0.717, 1.165) is 46.5 Å². The predicted molar refractivity (Wildman–Crippen MR) is 206 cm³/mol. The smallest absolute Gasteiger partial charge is 0.509 e. The largest absolute Gasteiger partial charge is 2.00 e. The molecule has 0 spiro atoms. The first-order valence-electron chi connectivity index (χ1n) is 18.4. The quantitative estimate of drug-likeness (QED) is 0.107. The molecule has 7 rings (SSSR count). The van der Waals surface area contributed by atoms with Crippen molar-refractivity contribution in [2.24, 2.45) is 17.8 Å². The number of allylic oxidation sites excluding steroid dienone is 2. The molecule has 3 heterocycles. The Kier molecular flexibility index (Phi) is 10.8. The van der Waals surface area contributed by atoms with Crippen molar-refractivity contribution in [3.8, 4) is 23.0 Å². The Morgan fingerprint density at radius 2 is 1.71 bits per heavy atom. The van der Waals surface area contributed by atoms with Crippen LogP contribution in [0.15, 0.2) is 78.5 Å². The molecule has 1 unspecified atom stereocenters. The van der Waals surface area contributed by atoms with Crippen LogP contribution in [0.4, 0.5) is 0 Å². The molecule has 0 saturated heterocycles. The molecule has 6 aromatic rings. The molecule has 3 aromatic heterocycles. The maximum atomic E-state index is 6.70. The summed E-state index contributed by atoms with van der Waals surface area (Å²) in [5.41, 5.74) is 10.6. The van der Waals surface area contributed by atoms with Gasteiger partial charge in [0.1, 0.15) is 5.82 Å². The number of benzene rings is 3. The third-order valence-electron chi connectivity index (χ3n) is 10.4. The number of aromatic nitrogens is 4. The molecule has 3 aromatic carbocycles. The fraction of sp³-hybridized carbons (Fsp3) is 0.378. The summed E-state index contributed by atoms with van der Waals surface area (Å²) in [6.07, 6.45) is 7.45. The van der Waals surface area contributed by atoms with Crippen LogP contribution in [0.25, 0.3) is 33.3 Å². The van der Waals surface area contributed by atoms with Gasteiger partial charge in [-0.1, -0.05) is 83.8 Å². The Labute approximate surface area is 318 Å². The number of aryl methyl sites for hydroxylation is 2. The third kappa shape index (κ3) is 7.12. The van der Waals surface area contributed by atoms with Crippen LogP contribution in [0, 0.1) is 36.8 Å². The maximum absolute atomic E-state index is 6.70. The Morgan fingerprint density at radius 1 is 0.922 bits per heavy atom. The average Bonchev–Trinajstić information content (AvgIpc) is 3.57. The van der Waals surface area contributed by atoms with Crippen LogP contribution >= 0.6 is 0 Å². The molecule has 6 heteroatoms. The van der Waals surface area contributed by atoms with Crippen LogP contribution in [-0.2, 0) is 33.9 Å². The molecule has 0 fully saturated rings. The van der Waals surface area contributed by atoms with Crippen molar-refractivity contribution >= 4 is 21.8 Å². The van der Waals surface area contributed by atoms with E-state index in [-0.39, 0.29) is 21.1 Å². The second-order valence-corrected chi connectivity index (χ2v) is 15.3. The van der Waals surface area contributed by atoms with E-state index in [1.165, 1.54) is 39.8 Å². The monoisotopic (exact) mass is 857 g/mol. The molecule has 0 saturated carbocycles. The first kappa shape index (κ1) is 36.8. The first-order chi connectivity index (χ1) is 24.0. The van der Waals surface area contributed by atoms with Crippen molar-refractivity contribution in [1.82, 2.24) is 19.3 Å². The Bertz CT molecular complexity index is 2220. The topological polar surface area (TPSA) is 44.9 Å². The number of nitrogens with zero attached hydrogens (tertiary/aromatic N) is 4. The van der Waals surface area contributed by atoms with E-state index in [1.54, 1.807) is 0 Å². The summed E-state index contributed by atoms with van der Waals surface area (Å²) < 4.78 is 11.1. The number of pyridine rings is 1. The number of para-hydroxylation sites is 1. The van der Waals surface area contributed by atoms with Crippen molar-refractivity contribution in [3.63, 3.8) is 0 Å². The molecule has 0 amide bonds. The van der Waals surface area contributed by atoms with Crippen LogP contribution in [0.1, 0.15) is 102 Å². The van der Waals surface area contributed by atoms with Crippen molar-refractivity contribution in [2.75, 3.05) is 0 Å². The molecule has 3 atom stereocenters. The fourth-order valence-electron chi connectivity index (χ4n) is 8.22. The van der Waals surface area contributed by atoms with Gasteiger partial charge in [0.15, 0.2) is 0 Å². The van der Waals surface area contributed by atoms with E-state index < -0.39 is 0 Å². The third-order valence-corrected chi connectivity index (χ3v) is 10.4. The van der Waals surface area contributed by atoms with Gasteiger partial charge in [0.05, 0.1) is 5.69 Å². The van der Waals surface area contributed by atoms with Crippen LogP contribution in [-0.4, -0.2) is 19.3 Å². The van der Waals surface area contributed by atoms with Gasteiger partial charge in [0, 0.05) is 40.4 Å². The fourth-order valence-corrected chi connectivity index (χ4v) is 8.22. The van der Waals surface area contributed by atoms with Crippen molar-refractivity contribution in [1.29, 1.82) is 0 Å². The number of fused-ring (bicyclic) bond motifs is 3. The minimum atomic E-state index is 0. The summed E-state index contributed by atoms with van der Waals surface area (Å²) in [4.78, 5) is 4.79.